The fourth-order valence-corrected chi connectivity index (χ4v) is 2.27. The zero-order chi connectivity index (χ0) is 17.7. The van der Waals surface area contributed by atoms with Gasteiger partial charge in [-0.05, 0) is 61.9 Å². The number of nitrogens with one attached hydrogen (secondary N) is 1. The standard InChI is InChI=1S/C19H22N2O3/c1-5-24-17-11-8-15(12-13(17)2)18(22)20-16-9-6-14(7-10-16)19(23)21(3)4/h6-12H,5H2,1-4H3,(H,20,22). The van der Waals surface area contributed by atoms with Crippen molar-refractivity contribution in [3.05, 3.63) is 59.2 Å². The third kappa shape index (κ3) is 4.13. The zero-order valence-corrected chi connectivity index (χ0v) is 14.4. The van der Waals surface area contributed by atoms with Gasteiger partial charge in [-0.25, -0.2) is 0 Å². The average molecular weight is 326 g/mol. The van der Waals surface area contributed by atoms with Crippen molar-refractivity contribution in [3.8, 4) is 5.75 Å². The Balaban J connectivity index is 2.09. The van der Waals surface area contributed by atoms with E-state index in [-0.39, 0.29) is 11.8 Å². The summed E-state index contributed by atoms with van der Waals surface area (Å²) in [5.74, 6) is 0.503. The minimum absolute atomic E-state index is 0.0741. The minimum Gasteiger partial charge on any atom is -0.494 e. The summed E-state index contributed by atoms with van der Waals surface area (Å²) in [5.41, 5.74) is 2.69. The molecule has 0 aliphatic heterocycles. The Morgan fingerprint density at radius 2 is 1.67 bits per heavy atom. The molecule has 5 nitrogen and oxygen atoms in total. The fourth-order valence-electron chi connectivity index (χ4n) is 2.27. The lowest BCUT2D eigenvalue weighted by atomic mass is 10.1. The Morgan fingerprint density at radius 3 is 2.21 bits per heavy atom. The third-order valence-electron chi connectivity index (χ3n) is 3.53. The molecule has 0 spiro atoms. The Hall–Kier alpha value is -2.82. The molecule has 0 aliphatic carbocycles. The van der Waals surface area contributed by atoms with Crippen LogP contribution in [0.25, 0.3) is 0 Å². The van der Waals surface area contributed by atoms with Crippen LogP contribution in [0.2, 0.25) is 0 Å². The number of carbonyl (C=O) groups is 2. The molecule has 0 radical (unpaired) electrons. The normalized spacial score (nSPS) is 10.2. The highest BCUT2D eigenvalue weighted by Crippen LogP contribution is 2.20. The second kappa shape index (κ2) is 7.64. The molecule has 0 aromatic heterocycles. The van der Waals surface area contributed by atoms with Gasteiger partial charge in [-0.15, -0.1) is 0 Å². The SMILES string of the molecule is CCOc1ccc(C(=O)Nc2ccc(C(=O)N(C)C)cc2)cc1C. The summed E-state index contributed by atoms with van der Waals surface area (Å²) in [6, 6.07) is 12.2. The van der Waals surface area contributed by atoms with E-state index in [4.69, 9.17) is 4.74 Å². The molecule has 0 unspecified atom stereocenters. The van der Waals surface area contributed by atoms with E-state index in [1.165, 1.54) is 4.90 Å². The molecule has 5 heteroatoms. The summed E-state index contributed by atoms with van der Waals surface area (Å²) >= 11 is 0. The first kappa shape index (κ1) is 17.5. The molecule has 0 aliphatic rings. The summed E-state index contributed by atoms with van der Waals surface area (Å²) in [6.07, 6.45) is 0. The molecule has 2 rings (SSSR count). The molecule has 0 saturated carbocycles. The number of ether oxygens (including phenoxy) is 1. The number of benzene rings is 2. The number of rotatable bonds is 5. The fraction of sp³-hybridized carbons (Fsp3) is 0.263. The van der Waals surface area contributed by atoms with Crippen molar-refractivity contribution in [2.24, 2.45) is 0 Å². The molecular weight excluding hydrogens is 304 g/mol. The number of hydrogen-bond acceptors (Lipinski definition) is 3. The number of amides is 2. The molecule has 2 amide bonds. The lowest BCUT2D eigenvalue weighted by Crippen LogP contribution is -2.21. The molecule has 0 fully saturated rings. The van der Waals surface area contributed by atoms with Crippen LogP contribution in [0.4, 0.5) is 5.69 Å². The Bertz CT molecular complexity index is 737. The van der Waals surface area contributed by atoms with E-state index in [1.807, 2.05) is 13.8 Å². The highest BCUT2D eigenvalue weighted by atomic mass is 16.5. The first-order valence-corrected chi connectivity index (χ1v) is 7.79. The second-order valence-electron chi connectivity index (χ2n) is 5.64. The lowest BCUT2D eigenvalue weighted by molar-refractivity contribution is 0.0827. The quantitative estimate of drug-likeness (QED) is 0.916. The summed E-state index contributed by atoms with van der Waals surface area (Å²) in [6.45, 7) is 4.42. The van der Waals surface area contributed by atoms with E-state index in [0.717, 1.165) is 11.3 Å². The van der Waals surface area contributed by atoms with E-state index < -0.39 is 0 Å². The maximum Gasteiger partial charge on any atom is 0.255 e. The average Bonchev–Trinajstić information content (AvgIpc) is 2.56. The van der Waals surface area contributed by atoms with Gasteiger partial charge in [0.15, 0.2) is 0 Å². The molecule has 1 N–H and O–H groups in total. The Kier molecular flexibility index (Phi) is 5.58. The zero-order valence-electron chi connectivity index (χ0n) is 14.4. The van der Waals surface area contributed by atoms with Crippen molar-refractivity contribution in [3.63, 3.8) is 0 Å². The van der Waals surface area contributed by atoms with Crippen LogP contribution in [0.3, 0.4) is 0 Å². The highest BCUT2D eigenvalue weighted by molar-refractivity contribution is 6.04. The summed E-state index contributed by atoms with van der Waals surface area (Å²) in [7, 11) is 3.40. The predicted molar refractivity (Wildman–Crippen MR) is 94.8 cm³/mol. The van der Waals surface area contributed by atoms with Crippen molar-refractivity contribution in [1.82, 2.24) is 4.90 Å². The van der Waals surface area contributed by atoms with Crippen molar-refractivity contribution in [2.45, 2.75) is 13.8 Å². The summed E-state index contributed by atoms with van der Waals surface area (Å²) in [5, 5.41) is 2.83. The van der Waals surface area contributed by atoms with Gasteiger partial charge in [0.05, 0.1) is 6.61 Å². The number of nitrogens with zero attached hydrogens (tertiary/aromatic N) is 1. The van der Waals surface area contributed by atoms with Crippen LogP contribution >= 0.6 is 0 Å². The third-order valence-corrected chi connectivity index (χ3v) is 3.53. The van der Waals surface area contributed by atoms with Gasteiger partial charge in [-0.3, -0.25) is 9.59 Å². The van der Waals surface area contributed by atoms with E-state index in [1.54, 1.807) is 56.6 Å². The number of carbonyl (C=O) groups excluding carboxylic acids is 2. The number of hydrogen-bond donors (Lipinski definition) is 1. The van der Waals surface area contributed by atoms with Crippen LogP contribution in [0.5, 0.6) is 5.75 Å². The minimum atomic E-state index is -0.201. The molecule has 2 aromatic carbocycles. The second-order valence-corrected chi connectivity index (χ2v) is 5.64. The monoisotopic (exact) mass is 326 g/mol. The van der Waals surface area contributed by atoms with E-state index >= 15 is 0 Å². The van der Waals surface area contributed by atoms with Crippen molar-refractivity contribution < 1.29 is 14.3 Å². The van der Waals surface area contributed by atoms with Gasteiger partial charge in [0.25, 0.3) is 11.8 Å². The molecule has 24 heavy (non-hydrogen) atoms. The van der Waals surface area contributed by atoms with Gasteiger partial charge in [0.2, 0.25) is 0 Å². The lowest BCUT2D eigenvalue weighted by Gasteiger charge is -2.11. The molecule has 0 atom stereocenters. The van der Waals surface area contributed by atoms with Crippen LogP contribution < -0.4 is 10.1 Å². The van der Waals surface area contributed by atoms with Gasteiger partial charge >= 0.3 is 0 Å². The van der Waals surface area contributed by atoms with Crippen molar-refractivity contribution in [2.75, 3.05) is 26.0 Å². The maximum absolute atomic E-state index is 12.3. The van der Waals surface area contributed by atoms with Crippen LogP contribution in [0.15, 0.2) is 42.5 Å². The van der Waals surface area contributed by atoms with Crippen molar-refractivity contribution >= 4 is 17.5 Å². The van der Waals surface area contributed by atoms with Crippen LogP contribution in [0.1, 0.15) is 33.2 Å². The van der Waals surface area contributed by atoms with E-state index in [0.29, 0.717) is 23.4 Å². The highest BCUT2D eigenvalue weighted by Gasteiger charge is 2.10. The topological polar surface area (TPSA) is 58.6 Å². The molecule has 2 aromatic rings. The largest absolute Gasteiger partial charge is 0.494 e. The first-order valence-electron chi connectivity index (χ1n) is 7.79. The number of aryl methyl sites for hydroxylation is 1. The van der Waals surface area contributed by atoms with Crippen LogP contribution in [-0.4, -0.2) is 37.4 Å². The van der Waals surface area contributed by atoms with Crippen LogP contribution in [-0.2, 0) is 0 Å². The van der Waals surface area contributed by atoms with Gasteiger partial charge in [0, 0.05) is 30.9 Å². The van der Waals surface area contributed by atoms with Gasteiger partial charge < -0.3 is 15.0 Å². The molecule has 0 bridgehead atoms. The van der Waals surface area contributed by atoms with E-state index in [9.17, 15) is 9.59 Å². The van der Waals surface area contributed by atoms with Gasteiger partial charge in [0.1, 0.15) is 5.75 Å². The Labute approximate surface area is 142 Å². The summed E-state index contributed by atoms with van der Waals surface area (Å²) < 4.78 is 5.48. The van der Waals surface area contributed by atoms with Gasteiger partial charge in [-0.2, -0.15) is 0 Å². The maximum atomic E-state index is 12.3. The molecule has 0 heterocycles. The van der Waals surface area contributed by atoms with E-state index in [2.05, 4.69) is 5.32 Å². The molecule has 126 valence electrons. The van der Waals surface area contributed by atoms with Crippen molar-refractivity contribution in [1.29, 1.82) is 0 Å². The smallest absolute Gasteiger partial charge is 0.255 e. The van der Waals surface area contributed by atoms with Gasteiger partial charge in [-0.1, -0.05) is 0 Å². The summed E-state index contributed by atoms with van der Waals surface area (Å²) in [4.78, 5) is 25.7. The number of anilines is 1. The molecule has 0 saturated heterocycles. The van der Waals surface area contributed by atoms with Crippen LogP contribution in [0, 0.1) is 6.92 Å². The first-order chi connectivity index (χ1) is 11.4. The Morgan fingerprint density at radius 1 is 1.04 bits per heavy atom. The predicted octanol–water partition coefficient (Wildman–Crippen LogP) is 3.35. The molecular formula is C19H22N2O3.